The van der Waals surface area contributed by atoms with Crippen molar-refractivity contribution in [1.29, 1.82) is 5.26 Å². The Morgan fingerprint density at radius 1 is 0.750 bits per heavy atom. The van der Waals surface area contributed by atoms with Crippen LogP contribution in [-0.4, -0.2) is 14.5 Å². The first kappa shape index (κ1) is 40.2. The van der Waals surface area contributed by atoms with Crippen LogP contribution in [0.15, 0.2) is 167 Å². The Hall–Kier alpha value is -6.62. The second-order valence-corrected chi connectivity index (χ2v) is 16.8. The molecule has 0 aliphatic carbocycles. The van der Waals surface area contributed by atoms with Crippen LogP contribution in [0.25, 0.3) is 83.6 Å². The van der Waals surface area contributed by atoms with E-state index in [2.05, 4.69) is 140 Å². The van der Waals surface area contributed by atoms with E-state index in [1.54, 1.807) is 12.1 Å². The molecule has 3 aromatic heterocycles. The fourth-order valence-corrected chi connectivity index (χ4v) is 8.42. The van der Waals surface area contributed by atoms with Gasteiger partial charge in [-0.3, -0.25) is 9.37 Å². The van der Waals surface area contributed by atoms with Gasteiger partial charge >= 0.3 is 0 Å². The van der Waals surface area contributed by atoms with E-state index in [1.807, 2.05) is 36.4 Å². The van der Waals surface area contributed by atoms with E-state index in [0.717, 1.165) is 66.7 Å². The smallest absolute Gasteiger partial charge is 0.138 e. The second kappa shape index (κ2) is 19.0. The Labute approximate surface area is 395 Å². The average Bonchev–Trinajstić information content (AvgIpc) is 3.90. The first-order chi connectivity index (χ1) is 31.9. The maximum atomic E-state index is 12.7. The molecule has 10 aromatic rings. The number of nitrogens with zero attached hydrogens (tertiary/aromatic N) is 4. The number of thiocyanates is 1. The fraction of sp³-hybridized carbons (Fsp3) is 0.125. The van der Waals surface area contributed by atoms with Gasteiger partial charge in [-0.2, -0.15) is 5.26 Å². The summed E-state index contributed by atoms with van der Waals surface area (Å²) in [6.45, 7) is 6.93. The Kier molecular flexibility index (Phi) is 11.9. The van der Waals surface area contributed by atoms with Crippen molar-refractivity contribution >= 4 is 44.7 Å². The molecule has 0 aliphatic rings. The van der Waals surface area contributed by atoms with Crippen molar-refractivity contribution in [3.8, 4) is 56.0 Å². The monoisotopic (exact) mass is 1030 g/mol. The van der Waals surface area contributed by atoms with Gasteiger partial charge in [0.15, 0.2) is 0 Å². The molecule has 0 aliphatic heterocycles. The van der Waals surface area contributed by atoms with E-state index >= 15 is 0 Å². The molecule has 0 N–H and O–H groups in total. The van der Waals surface area contributed by atoms with E-state index in [4.69, 9.17) is 13.5 Å². The summed E-state index contributed by atoms with van der Waals surface area (Å²) >= 11 is 1.13. The standard InChI is InChI=1S/C44H34N3OS.C12H9FN.Ir/c1-27(2)37-23-32(31-19-17-30(18-20-31)29-11-6-5-7-12-29)24-38(28(3)4)42(37)47-40-16-9-8-15-39(40)46-44(47)36-14-10-13-35-34-22-21-33(49-26-45)25-41(34)48-43(35)36;1-9-2-7-12(14-8-9)10-3-5-11(13)6-4-10;/h5-13,15-25,27-28H,1-4H3;2-3,5-8H,1H3;/q2*-1;/i;1D3;. The Morgan fingerprint density at radius 2 is 1.45 bits per heavy atom. The van der Waals surface area contributed by atoms with Crippen LogP contribution in [0.4, 0.5) is 4.39 Å². The van der Waals surface area contributed by atoms with Gasteiger partial charge < -0.3 is 14.0 Å². The molecular formula is C56H43FIrN4OS-2. The van der Waals surface area contributed by atoms with Gasteiger partial charge in [-0.05, 0) is 111 Å². The zero-order chi connectivity index (χ0) is 46.1. The summed E-state index contributed by atoms with van der Waals surface area (Å²) in [5.74, 6) is 0.910. The third-order valence-corrected chi connectivity index (χ3v) is 11.7. The largest absolute Gasteiger partial charge is 0.501 e. The van der Waals surface area contributed by atoms with Gasteiger partial charge in [-0.1, -0.05) is 124 Å². The maximum absolute atomic E-state index is 12.7. The Morgan fingerprint density at radius 3 is 2.11 bits per heavy atom. The minimum Gasteiger partial charge on any atom is -0.501 e. The number of aryl methyl sites for hydroxylation is 1. The number of hydrogen-bond acceptors (Lipinski definition) is 5. The van der Waals surface area contributed by atoms with Crippen LogP contribution >= 0.6 is 11.8 Å². The van der Waals surface area contributed by atoms with Crippen LogP contribution in [-0.2, 0) is 20.1 Å². The minimum absolute atomic E-state index is 0. The van der Waals surface area contributed by atoms with E-state index in [9.17, 15) is 9.65 Å². The van der Waals surface area contributed by atoms with E-state index in [1.165, 1.54) is 57.8 Å². The predicted molar refractivity (Wildman–Crippen MR) is 256 cm³/mol. The molecule has 0 saturated heterocycles. The number of hydrogen-bond donors (Lipinski definition) is 0. The number of benzene rings is 7. The number of imidazole rings is 1. The van der Waals surface area contributed by atoms with Crippen molar-refractivity contribution in [2.75, 3.05) is 0 Å². The zero-order valence-corrected chi connectivity index (χ0v) is 38.7. The van der Waals surface area contributed by atoms with Crippen LogP contribution in [0.1, 0.15) is 60.3 Å². The van der Waals surface area contributed by atoms with Crippen LogP contribution in [0.3, 0.4) is 0 Å². The van der Waals surface area contributed by atoms with Crippen molar-refractivity contribution < 1.29 is 33.0 Å². The quantitative estimate of drug-likeness (QED) is 0.0862. The molecule has 0 atom stereocenters. The summed E-state index contributed by atoms with van der Waals surface area (Å²) in [5.41, 5.74) is 14.1. The van der Waals surface area contributed by atoms with E-state index < -0.39 is 6.85 Å². The summed E-state index contributed by atoms with van der Waals surface area (Å²) < 4.78 is 43.2. The van der Waals surface area contributed by atoms with E-state index in [-0.39, 0.29) is 43.3 Å². The molecule has 0 unspecified atom stereocenters. The van der Waals surface area contributed by atoms with Crippen LogP contribution < -0.4 is 0 Å². The fourth-order valence-electron chi connectivity index (χ4n) is 8.01. The molecule has 3 heterocycles. The number of thioether (sulfide) groups is 1. The number of furan rings is 1. The molecule has 7 aromatic carbocycles. The molecular weight excluding hydrogens is 988 g/mol. The molecule has 5 nitrogen and oxygen atoms in total. The number of para-hydroxylation sites is 2. The molecule has 317 valence electrons. The Bertz CT molecular complexity index is 3370. The van der Waals surface area contributed by atoms with Crippen LogP contribution in [0, 0.1) is 35.5 Å². The molecule has 1 radical (unpaired) electrons. The summed E-state index contributed by atoms with van der Waals surface area (Å²) in [6.07, 6.45) is 1.31. The summed E-state index contributed by atoms with van der Waals surface area (Å²) in [6, 6.07) is 55.9. The van der Waals surface area contributed by atoms with Crippen LogP contribution in [0.2, 0.25) is 0 Å². The number of rotatable bonds is 8. The third-order valence-electron chi connectivity index (χ3n) is 11.1. The van der Waals surface area contributed by atoms with Crippen molar-refractivity contribution in [3.63, 3.8) is 0 Å². The molecule has 0 saturated carbocycles. The molecule has 8 heteroatoms. The van der Waals surface area contributed by atoms with Gasteiger partial charge in [-0.15, -0.1) is 48.0 Å². The molecule has 0 fully saturated rings. The van der Waals surface area contributed by atoms with Gasteiger partial charge in [-0.25, -0.2) is 0 Å². The number of halogens is 1. The van der Waals surface area contributed by atoms with Crippen molar-refractivity contribution in [2.45, 2.75) is 51.3 Å². The molecule has 0 spiro atoms. The Balaban J connectivity index is 0.000000285. The zero-order valence-electron chi connectivity index (χ0n) is 38.5. The first-order valence-electron chi connectivity index (χ1n) is 22.3. The van der Waals surface area contributed by atoms with Crippen molar-refractivity contribution in [2.24, 2.45) is 0 Å². The second-order valence-electron chi connectivity index (χ2n) is 15.9. The molecule has 0 bridgehead atoms. The average molecular weight is 1030 g/mol. The predicted octanol–water partition coefficient (Wildman–Crippen LogP) is 15.5. The molecule has 64 heavy (non-hydrogen) atoms. The van der Waals surface area contributed by atoms with Gasteiger partial charge in [0.25, 0.3) is 0 Å². The van der Waals surface area contributed by atoms with Gasteiger partial charge in [0.2, 0.25) is 0 Å². The third kappa shape index (κ3) is 8.80. The van der Waals surface area contributed by atoms with Crippen LogP contribution in [0.5, 0.6) is 0 Å². The minimum atomic E-state index is -2.15. The molecule has 0 amide bonds. The molecule has 10 rings (SSSR count). The number of fused-ring (bicyclic) bond motifs is 4. The van der Waals surface area contributed by atoms with Gasteiger partial charge in [0.05, 0.1) is 22.4 Å². The summed E-state index contributed by atoms with van der Waals surface area (Å²) in [5, 5.41) is 13.4. The number of pyridine rings is 1. The van der Waals surface area contributed by atoms with Crippen molar-refractivity contribution in [3.05, 3.63) is 192 Å². The summed E-state index contributed by atoms with van der Waals surface area (Å²) in [7, 11) is 0. The SMILES string of the molecule is CC(C)c1cc(-c2ccc(-c3ccccc3)cc2)cc(C(C)C)c1-n1c(-c2[c-]ccc3c2oc2cc(SC#N)ccc23)nc2ccccc21.[2H]C([2H])([2H])c1ccc(-c2[c-]cc(F)cc2)nc1.[Ir]. The van der Waals surface area contributed by atoms with E-state index in [0.29, 0.717) is 11.3 Å². The normalized spacial score (nSPS) is 12.1. The first-order valence-corrected chi connectivity index (χ1v) is 21.6. The maximum Gasteiger partial charge on any atom is 0.138 e. The number of nitriles is 1. The van der Waals surface area contributed by atoms with Crippen molar-refractivity contribution in [1.82, 2.24) is 14.5 Å². The van der Waals surface area contributed by atoms with Gasteiger partial charge in [0, 0.05) is 52.2 Å². The van der Waals surface area contributed by atoms with Gasteiger partial charge in [0.1, 0.15) is 11.0 Å². The topological polar surface area (TPSA) is 67.6 Å². The number of aromatic nitrogens is 3. The summed E-state index contributed by atoms with van der Waals surface area (Å²) in [4.78, 5) is 10.2.